The highest BCUT2D eigenvalue weighted by molar-refractivity contribution is 5.89. The smallest absolute Gasteiger partial charge is 0.337 e. The Morgan fingerprint density at radius 1 is 1.20 bits per heavy atom. The molecule has 2 heterocycles. The molecule has 7 heteroatoms. The number of hydrogen-bond donors (Lipinski definition) is 1. The van der Waals surface area contributed by atoms with Crippen molar-refractivity contribution in [2.75, 3.05) is 26.9 Å². The normalized spacial score (nSPS) is 21.2. The third-order valence-corrected chi connectivity index (χ3v) is 5.92. The summed E-state index contributed by atoms with van der Waals surface area (Å²) in [6.07, 6.45) is 0.866. The maximum Gasteiger partial charge on any atom is 0.337 e. The highest BCUT2D eigenvalue weighted by Crippen LogP contribution is 2.36. The van der Waals surface area contributed by atoms with Crippen LogP contribution in [-0.4, -0.2) is 49.1 Å². The van der Waals surface area contributed by atoms with E-state index in [4.69, 9.17) is 14.2 Å². The van der Waals surface area contributed by atoms with Crippen LogP contribution in [0, 0.1) is 11.7 Å². The summed E-state index contributed by atoms with van der Waals surface area (Å²) in [6, 6.07) is 11.2. The number of carbonyl (C=O) groups excluding carboxylic acids is 1. The number of fused-ring (bicyclic) bond motifs is 1. The van der Waals surface area contributed by atoms with Gasteiger partial charge in [0.25, 0.3) is 0 Å². The Balaban J connectivity index is 1.67. The summed E-state index contributed by atoms with van der Waals surface area (Å²) < 4.78 is 29.8. The number of carbonyl (C=O) groups is 1. The summed E-state index contributed by atoms with van der Waals surface area (Å²) in [6.45, 7) is 1.97. The molecule has 2 aliphatic heterocycles. The molecule has 0 aromatic heterocycles. The number of methoxy groups -OCH3 is 1. The molecule has 2 atom stereocenters. The summed E-state index contributed by atoms with van der Waals surface area (Å²) in [5.74, 6) is -0.0695. The van der Waals surface area contributed by atoms with Gasteiger partial charge >= 0.3 is 5.97 Å². The standard InChI is InChI=1S/C23H26FNO5/c1-28-23(27)17-2-3-18-13-25(22(26)16-8-10-29-11-9-16)20(14-30-21(18)12-17)15-4-6-19(24)7-5-15/h2-7,12,16,20,22,26H,8-11,13-14H2,1H3/t20-,22?/m1/s1. The Morgan fingerprint density at radius 3 is 2.63 bits per heavy atom. The zero-order valence-corrected chi connectivity index (χ0v) is 16.9. The molecule has 0 radical (unpaired) electrons. The van der Waals surface area contributed by atoms with Crippen molar-refractivity contribution in [3.63, 3.8) is 0 Å². The molecule has 0 saturated carbocycles. The van der Waals surface area contributed by atoms with Crippen LogP contribution >= 0.6 is 0 Å². The molecule has 2 aromatic rings. The van der Waals surface area contributed by atoms with Crippen molar-refractivity contribution < 1.29 is 28.5 Å². The van der Waals surface area contributed by atoms with Gasteiger partial charge in [0.1, 0.15) is 24.4 Å². The van der Waals surface area contributed by atoms with Gasteiger partial charge in [0.2, 0.25) is 0 Å². The van der Waals surface area contributed by atoms with Gasteiger partial charge in [0.15, 0.2) is 0 Å². The van der Waals surface area contributed by atoms with Crippen LogP contribution in [0.1, 0.15) is 40.4 Å². The molecular weight excluding hydrogens is 389 g/mol. The SMILES string of the molecule is COC(=O)c1ccc2c(c1)OC[C@H](c1ccc(F)cc1)N(C(O)C1CCOCC1)C2. The van der Waals surface area contributed by atoms with Crippen LogP contribution in [0.3, 0.4) is 0 Å². The van der Waals surface area contributed by atoms with Crippen molar-refractivity contribution in [2.45, 2.75) is 31.7 Å². The fourth-order valence-corrected chi connectivity index (χ4v) is 4.17. The van der Waals surface area contributed by atoms with Crippen LogP contribution in [0.5, 0.6) is 5.75 Å². The molecule has 160 valence electrons. The summed E-state index contributed by atoms with van der Waals surface area (Å²) >= 11 is 0. The fourth-order valence-electron chi connectivity index (χ4n) is 4.17. The van der Waals surface area contributed by atoms with Gasteiger partial charge in [0, 0.05) is 31.2 Å². The summed E-state index contributed by atoms with van der Waals surface area (Å²) in [5.41, 5.74) is 2.15. The highest BCUT2D eigenvalue weighted by Gasteiger charge is 2.35. The molecule has 0 spiro atoms. The van der Waals surface area contributed by atoms with Crippen LogP contribution in [0.2, 0.25) is 0 Å². The number of aliphatic hydroxyl groups excluding tert-OH is 1. The van der Waals surface area contributed by atoms with Gasteiger partial charge in [-0.15, -0.1) is 0 Å². The Hall–Kier alpha value is -2.48. The van der Waals surface area contributed by atoms with E-state index in [9.17, 15) is 14.3 Å². The third kappa shape index (κ3) is 4.33. The quantitative estimate of drug-likeness (QED) is 0.773. The molecule has 1 fully saturated rings. The number of halogens is 1. The lowest BCUT2D eigenvalue weighted by atomic mass is 9.95. The van der Waals surface area contributed by atoms with Gasteiger partial charge in [-0.25, -0.2) is 9.18 Å². The van der Waals surface area contributed by atoms with E-state index >= 15 is 0 Å². The number of rotatable bonds is 4. The van der Waals surface area contributed by atoms with Gasteiger partial charge in [-0.2, -0.15) is 0 Å². The van der Waals surface area contributed by atoms with Crippen molar-refractivity contribution in [1.82, 2.24) is 4.90 Å². The monoisotopic (exact) mass is 415 g/mol. The van der Waals surface area contributed by atoms with Crippen molar-refractivity contribution in [3.05, 3.63) is 65.0 Å². The first-order chi connectivity index (χ1) is 14.6. The first kappa shape index (κ1) is 20.8. The van der Waals surface area contributed by atoms with Gasteiger partial charge in [-0.05, 0) is 42.7 Å². The Labute approximate surface area is 175 Å². The Morgan fingerprint density at radius 2 is 1.93 bits per heavy atom. The molecule has 1 N–H and O–H groups in total. The van der Waals surface area contributed by atoms with E-state index in [1.54, 1.807) is 24.3 Å². The molecule has 2 aliphatic rings. The van der Waals surface area contributed by atoms with Crippen LogP contribution in [0.15, 0.2) is 42.5 Å². The Bertz CT molecular complexity index is 882. The van der Waals surface area contributed by atoms with Crippen LogP contribution < -0.4 is 4.74 Å². The second-order valence-electron chi connectivity index (χ2n) is 7.73. The first-order valence-corrected chi connectivity index (χ1v) is 10.2. The second kappa shape index (κ2) is 9.12. The average Bonchev–Trinajstić information content (AvgIpc) is 2.98. The van der Waals surface area contributed by atoms with E-state index in [2.05, 4.69) is 0 Å². The molecule has 6 nitrogen and oxygen atoms in total. The number of esters is 1. The fraction of sp³-hybridized carbons (Fsp3) is 0.435. The molecule has 0 amide bonds. The van der Waals surface area contributed by atoms with E-state index in [-0.39, 0.29) is 24.4 Å². The van der Waals surface area contributed by atoms with E-state index in [1.165, 1.54) is 19.2 Å². The summed E-state index contributed by atoms with van der Waals surface area (Å²) in [5, 5.41) is 11.3. The second-order valence-corrected chi connectivity index (χ2v) is 7.73. The topological polar surface area (TPSA) is 68.2 Å². The maximum absolute atomic E-state index is 13.5. The number of nitrogens with zero attached hydrogens (tertiary/aromatic N) is 1. The lowest BCUT2D eigenvalue weighted by Crippen LogP contribution is -2.45. The Kier molecular flexibility index (Phi) is 6.32. The predicted molar refractivity (Wildman–Crippen MR) is 108 cm³/mol. The molecule has 2 aromatic carbocycles. The van der Waals surface area contributed by atoms with E-state index in [1.807, 2.05) is 11.0 Å². The van der Waals surface area contributed by atoms with Gasteiger partial charge in [-0.3, -0.25) is 4.90 Å². The minimum atomic E-state index is -0.696. The van der Waals surface area contributed by atoms with Crippen LogP contribution in [0.25, 0.3) is 0 Å². The summed E-state index contributed by atoms with van der Waals surface area (Å²) in [4.78, 5) is 13.9. The molecule has 1 saturated heterocycles. The summed E-state index contributed by atoms with van der Waals surface area (Å²) in [7, 11) is 1.34. The van der Waals surface area contributed by atoms with E-state index < -0.39 is 12.2 Å². The van der Waals surface area contributed by atoms with E-state index in [0.29, 0.717) is 31.1 Å². The van der Waals surface area contributed by atoms with Crippen LogP contribution in [0.4, 0.5) is 4.39 Å². The number of benzene rings is 2. The number of hydrogen-bond acceptors (Lipinski definition) is 6. The molecular formula is C23H26FNO5. The third-order valence-electron chi connectivity index (χ3n) is 5.92. The first-order valence-electron chi connectivity index (χ1n) is 10.2. The molecule has 0 aliphatic carbocycles. The lowest BCUT2D eigenvalue weighted by molar-refractivity contribution is -0.0997. The molecule has 1 unspecified atom stereocenters. The van der Waals surface area contributed by atoms with Crippen molar-refractivity contribution in [2.24, 2.45) is 5.92 Å². The zero-order valence-electron chi connectivity index (χ0n) is 16.9. The van der Waals surface area contributed by atoms with Crippen LogP contribution in [-0.2, 0) is 16.0 Å². The van der Waals surface area contributed by atoms with Gasteiger partial charge in [0.05, 0.1) is 18.7 Å². The number of ether oxygens (including phenoxy) is 3. The molecule has 30 heavy (non-hydrogen) atoms. The number of aliphatic hydroxyl groups is 1. The zero-order chi connectivity index (χ0) is 21.1. The maximum atomic E-state index is 13.5. The largest absolute Gasteiger partial charge is 0.491 e. The van der Waals surface area contributed by atoms with Gasteiger partial charge in [-0.1, -0.05) is 18.2 Å². The van der Waals surface area contributed by atoms with Gasteiger partial charge < -0.3 is 19.3 Å². The minimum absolute atomic E-state index is 0.0811. The average molecular weight is 415 g/mol. The minimum Gasteiger partial charge on any atom is -0.491 e. The van der Waals surface area contributed by atoms with Crippen molar-refractivity contribution in [3.8, 4) is 5.75 Å². The predicted octanol–water partition coefficient (Wildman–Crippen LogP) is 3.29. The molecule has 0 bridgehead atoms. The molecule has 4 rings (SSSR count). The van der Waals surface area contributed by atoms with Crippen molar-refractivity contribution >= 4 is 5.97 Å². The highest BCUT2D eigenvalue weighted by atomic mass is 19.1. The van der Waals surface area contributed by atoms with E-state index in [0.717, 1.165) is 24.0 Å². The van der Waals surface area contributed by atoms with Crippen molar-refractivity contribution in [1.29, 1.82) is 0 Å². The lowest BCUT2D eigenvalue weighted by Gasteiger charge is -2.38.